The monoisotopic (exact) mass is 224 g/mol. The first-order chi connectivity index (χ1) is 7.13. The summed E-state index contributed by atoms with van der Waals surface area (Å²) in [5.74, 6) is 0. The van der Waals surface area contributed by atoms with Crippen LogP contribution < -0.4 is 5.46 Å². The molecule has 78 valence electrons. The number of hydrogen-bond acceptors (Lipinski definition) is 3. The van der Waals surface area contributed by atoms with E-state index in [1.54, 1.807) is 23.0 Å². The van der Waals surface area contributed by atoms with Gasteiger partial charge in [-0.15, -0.1) is 0 Å². The average molecular weight is 224 g/mol. The summed E-state index contributed by atoms with van der Waals surface area (Å²) in [4.78, 5) is 0. The lowest BCUT2D eigenvalue weighted by atomic mass is 9.80. The van der Waals surface area contributed by atoms with Gasteiger partial charge in [-0.25, -0.2) is 0 Å². The predicted molar refractivity (Wildman–Crippen MR) is 60.2 cm³/mol. The summed E-state index contributed by atoms with van der Waals surface area (Å²) >= 11 is 6.03. The van der Waals surface area contributed by atoms with Crippen molar-refractivity contribution < 1.29 is 10.0 Å². The van der Waals surface area contributed by atoms with E-state index in [4.69, 9.17) is 21.6 Å². The fourth-order valence-electron chi connectivity index (χ4n) is 1.49. The highest BCUT2D eigenvalue weighted by molar-refractivity contribution is 6.63. The highest BCUT2D eigenvalue weighted by atomic mass is 35.5. The van der Waals surface area contributed by atoms with Gasteiger partial charge in [0.15, 0.2) is 0 Å². The zero-order chi connectivity index (χ0) is 11.0. The van der Waals surface area contributed by atoms with Crippen LogP contribution in [0.15, 0.2) is 18.3 Å². The van der Waals surface area contributed by atoms with Crippen molar-refractivity contribution in [2.24, 2.45) is 0 Å². The van der Waals surface area contributed by atoms with E-state index >= 15 is 0 Å². The topological polar surface area (TPSA) is 58.3 Å². The Bertz CT molecular complexity index is 498. The van der Waals surface area contributed by atoms with Crippen LogP contribution in [0.4, 0.5) is 0 Å². The summed E-state index contributed by atoms with van der Waals surface area (Å²) in [6, 6.07) is 3.30. The Morgan fingerprint density at radius 1 is 1.47 bits per heavy atom. The molecular weight excluding hydrogens is 214 g/mol. The van der Waals surface area contributed by atoms with Gasteiger partial charge in [0.1, 0.15) is 0 Å². The smallest absolute Gasteiger partial charge is 0.423 e. The van der Waals surface area contributed by atoms with E-state index in [2.05, 4.69) is 5.10 Å². The van der Waals surface area contributed by atoms with Crippen molar-refractivity contribution in [3.05, 3.63) is 23.4 Å². The predicted octanol–water partition coefficient (Wildman–Crippen LogP) is 0.389. The Labute approximate surface area is 92.2 Å². The van der Waals surface area contributed by atoms with Crippen LogP contribution in [0.5, 0.6) is 0 Å². The van der Waals surface area contributed by atoms with Crippen LogP contribution in [0.2, 0.25) is 5.02 Å². The molecule has 0 aliphatic rings. The Kier molecular flexibility index (Phi) is 2.69. The maximum Gasteiger partial charge on any atom is 0.489 e. The van der Waals surface area contributed by atoms with Gasteiger partial charge in [-0.3, -0.25) is 4.68 Å². The van der Waals surface area contributed by atoms with Crippen molar-refractivity contribution >= 4 is 35.1 Å². The zero-order valence-corrected chi connectivity index (χ0v) is 8.94. The van der Waals surface area contributed by atoms with E-state index in [1.807, 2.05) is 6.92 Å². The molecule has 0 amide bonds. The average Bonchev–Trinajstić information content (AvgIpc) is 2.61. The second-order valence-electron chi connectivity index (χ2n) is 3.26. The van der Waals surface area contributed by atoms with Crippen LogP contribution in [0.3, 0.4) is 0 Å². The van der Waals surface area contributed by atoms with E-state index in [-0.39, 0.29) is 0 Å². The molecule has 0 aliphatic carbocycles. The van der Waals surface area contributed by atoms with Crippen molar-refractivity contribution in [3.63, 3.8) is 0 Å². The molecule has 1 heterocycles. The molecule has 4 nitrogen and oxygen atoms in total. The minimum atomic E-state index is -1.55. The molecule has 0 bridgehead atoms. The molecule has 0 saturated heterocycles. The maximum atomic E-state index is 9.07. The molecule has 0 aliphatic heterocycles. The summed E-state index contributed by atoms with van der Waals surface area (Å²) < 4.78 is 1.75. The van der Waals surface area contributed by atoms with Gasteiger partial charge in [-0.2, -0.15) is 5.10 Å². The highest BCUT2D eigenvalue weighted by Gasteiger charge is 2.18. The van der Waals surface area contributed by atoms with Gasteiger partial charge < -0.3 is 10.0 Å². The number of fused-ring (bicyclic) bond motifs is 1. The van der Waals surface area contributed by atoms with Crippen molar-refractivity contribution in [2.45, 2.75) is 13.5 Å². The molecule has 0 fully saturated rings. The van der Waals surface area contributed by atoms with Crippen molar-refractivity contribution in [2.75, 3.05) is 0 Å². The molecule has 1 aromatic carbocycles. The van der Waals surface area contributed by atoms with Gasteiger partial charge in [0.2, 0.25) is 0 Å². The Morgan fingerprint density at radius 3 is 2.80 bits per heavy atom. The second-order valence-corrected chi connectivity index (χ2v) is 3.64. The van der Waals surface area contributed by atoms with E-state index in [0.717, 1.165) is 17.4 Å². The quantitative estimate of drug-likeness (QED) is 0.726. The SMILES string of the molecule is CCn1cc2c(Cl)c(B(O)O)ccc2n1. The number of hydrogen-bond donors (Lipinski definition) is 2. The summed E-state index contributed by atoms with van der Waals surface area (Å²) in [5.41, 5.74) is 1.06. The fourth-order valence-corrected chi connectivity index (χ4v) is 1.79. The lowest BCUT2D eigenvalue weighted by Gasteiger charge is -2.02. The standard InChI is InChI=1S/C9H10BClN2O2/c1-2-13-5-6-8(12-13)4-3-7(9(6)11)10(14)15/h3-5,14-15H,2H2,1H3. The molecular formula is C9H10BClN2O2. The lowest BCUT2D eigenvalue weighted by molar-refractivity contribution is 0.426. The van der Waals surface area contributed by atoms with Crippen LogP contribution in [0, 0.1) is 0 Å². The number of aryl methyl sites for hydroxylation is 1. The third kappa shape index (κ3) is 1.74. The largest absolute Gasteiger partial charge is 0.489 e. The second kappa shape index (κ2) is 3.85. The Balaban J connectivity index is 2.67. The minimum absolute atomic E-state index is 0.305. The molecule has 1 aromatic heterocycles. The molecule has 2 aromatic rings. The Hall–Kier alpha value is -1.04. The van der Waals surface area contributed by atoms with Gasteiger partial charge in [0, 0.05) is 23.6 Å². The van der Waals surface area contributed by atoms with E-state index in [0.29, 0.717) is 10.5 Å². The van der Waals surface area contributed by atoms with Crippen molar-refractivity contribution in [1.29, 1.82) is 0 Å². The van der Waals surface area contributed by atoms with Gasteiger partial charge in [0.05, 0.1) is 10.5 Å². The molecule has 6 heteroatoms. The van der Waals surface area contributed by atoms with Crippen LogP contribution in [0.25, 0.3) is 10.9 Å². The lowest BCUT2D eigenvalue weighted by Crippen LogP contribution is -2.30. The summed E-state index contributed by atoms with van der Waals surface area (Å²) in [7, 11) is -1.55. The first kappa shape index (κ1) is 10.5. The first-order valence-electron chi connectivity index (χ1n) is 4.65. The number of benzene rings is 1. The minimum Gasteiger partial charge on any atom is -0.423 e. The number of halogens is 1. The third-order valence-electron chi connectivity index (χ3n) is 2.30. The number of nitrogens with zero attached hydrogens (tertiary/aromatic N) is 2. The molecule has 0 unspecified atom stereocenters. The maximum absolute atomic E-state index is 9.07. The van der Waals surface area contributed by atoms with Crippen molar-refractivity contribution in [3.8, 4) is 0 Å². The van der Waals surface area contributed by atoms with Gasteiger partial charge >= 0.3 is 7.12 Å². The molecule has 15 heavy (non-hydrogen) atoms. The molecule has 0 spiro atoms. The molecule has 2 N–H and O–H groups in total. The zero-order valence-electron chi connectivity index (χ0n) is 8.18. The fraction of sp³-hybridized carbons (Fsp3) is 0.222. The van der Waals surface area contributed by atoms with E-state index in [1.165, 1.54) is 0 Å². The summed E-state index contributed by atoms with van der Waals surface area (Å²) in [5, 5.41) is 23.5. The van der Waals surface area contributed by atoms with E-state index in [9.17, 15) is 0 Å². The van der Waals surface area contributed by atoms with Crippen LogP contribution in [0.1, 0.15) is 6.92 Å². The number of aromatic nitrogens is 2. The van der Waals surface area contributed by atoms with Gasteiger partial charge in [-0.05, 0) is 13.0 Å². The molecule has 0 atom stereocenters. The normalized spacial score (nSPS) is 10.9. The summed E-state index contributed by atoms with van der Waals surface area (Å²) in [6.45, 7) is 2.73. The van der Waals surface area contributed by atoms with Crippen LogP contribution in [-0.2, 0) is 6.54 Å². The first-order valence-corrected chi connectivity index (χ1v) is 5.03. The highest BCUT2D eigenvalue weighted by Crippen LogP contribution is 2.20. The van der Waals surface area contributed by atoms with Gasteiger partial charge in [0.25, 0.3) is 0 Å². The third-order valence-corrected chi connectivity index (χ3v) is 2.72. The van der Waals surface area contributed by atoms with E-state index < -0.39 is 7.12 Å². The molecule has 2 rings (SSSR count). The molecule has 0 radical (unpaired) electrons. The van der Waals surface area contributed by atoms with Crippen LogP contribution >= 0.6 is 11.6 Å². The Morgan fingerprint density at radius 2 is 2.20 bits per heavy atom. The molecule has 0 saturated carbocycles. The number of rotatable bonds is 2. The van der Waals surface area contributed by atoms with Gasteiger partial charge in [-0.1, -0.05) is 17.7 Å². The van der Waals surface area contributed by atoms with Crippen molar-refractivity contribution in [1.82, 2.24) is 9.78 Å². The summed E-state index contributed by atoms with van der Waals surface area (Å²) in [6.07, 6.45) is 1.80. The van der Waals surface area contributed by atoms with Crippen LogP contribution in [-0.4, -0.2) is 26.9 Å².